The Morgan fingerprint density at radius 1 is 1.02 bits per heavy atom. The lowest BCUT2D eigenvalue weighted by molar-refractivity contribution is -0.166. The normalized spacial score (nSPS) is 30.4. The predicted octanol–water partition coefficient (Wildman–Crippen LogP) is 1.30. The SMILES string of the molecule is C[C@H]1c2ccc(NC(=O)Oc3ccc(F)cc3)c(O)c2C(O)=C2C(=O)C3C(=O)C(C(N)=O)C(O)C(N(C)C)C3[C@@H](O)C21. The Bertz CT molecular complexity index is 1520. The van der Waals surface area contributed by atoms with Gasteiger partial charge in [0.05, 0.1) is 29.4 Å². The number of carbonyl (C=O) groups is 4. The molecule has 0 saturated heterocycles. The highest BCUT2D eigenvalue weighted by Gasteiger charge is 2.63. The number of rotatable bonds is 4. The standard InChI is InChI=1S/C29H30FN3O9/c1-10-13-8-9-14(32-29(41)42-12-6-4-11(30)5-7-12)22(34)16(13)24(36)18-15(10)23(35)17-19(25(18)37)26(38)20(28(31)40)27(39)21(17)33(2)3/h4-10,15,17,19-21,23,27,34-36,39H,1-3H3,(H2,31,40)(H,32,41)/t10-,15?,17?,19?,20?,21?,23-,27?/m0/s1. The first-order valence-corrected chi connectivity index (χ1v) is 13.2. The highest BCUT2D eigenvalue weighted by Crippen LogP contribution is 2.55. The first kappa shape index (κ1) is 29.2. The van der Waals surface area contributed by atoms with E-state index in [0.717, 1.165) is 12.1 Å². The fourth-order valence-corrected chi connectivity index (χ4v) is 6.81. The first-order chi connectivity index (χ1) is 19.8. The topological polar surface area (TPSA) is 200 Å². The van der Waals surface area contributed by atoms with Gasteiger partial charge in [0, 0.05) is 23.5 Å². The van der Waals surface area contributed by atoms with Crippen molar-refractivity contribution in [2.75, 3.05) is 19.4 Å². The third-order valence-corrected chi connectivity index (χ3v) is 8.62. The second-order valence-electron chi connectivity index (χ2n) is 11.1. The van der Waals surface area contributed by atoms with Gasteiger partial charge in [-0.2, -0.15) is 0 Å². The van der Waals surface area contributed by atoms with Crippen molar-refractivity contribution < 1.29 is 48.7 Å². The van der Waals surface area contributed by atoms with E-state index in [4.69, 9.17) is 10.5 Å². The van der Waals surface area contributed by atoms with Crippen LogP contribution in [0.15, 0.2) is 42.0 Å². The molecule has 222 valence electrons. The lowest BCUT2D eigenvalue weighted by Crippen LogP contribution is -2.68. The molecule has 7 N–H and O–H groups in total. The maximum atomic E-state index is 14.0. The second kappa shape index (κ2) is 10.5. The number of amides is 2. The van der Waals surface area contributed by atoms with E-state index in [2.05, 4.69) is 5.32 Å². The average Bonchev–Trinajstić information content (AvgIpc) is 2.91. The summed E-state index contributed by atoms with van der Waals surface area (Å²) < 4.78 is 18.2. The molecule has 2 fully saturated rings. The Morgan fingerprint density at radius 3 is 2.26 bits per heavy atom. The van der Waals surface area contributed by atoms with Gasteiger partial charge in [-0.15, -0.1) is 0 Å². The van der Waals surface area contributed by atoms with Crippen molar-refractivity contribution in [2.45, 2.75) is 31.1 Å². The van der Waals surface area contributed by atoms with Gasteiger partial charge in [-0.25, -0.2) is 9.18 Å². The molecule has 2 aromatic carbocycles. The fourth-order valence-electron chi connectivity index (χ4n) is 6.81. The molecular formula is C29H30FN3O9. The largest absolute Gasteiger partial charge is 0.507 e. The molecule has 0 aliphatic heterocycles. The van der Waals surface area contributed by atoms with Gasteiger partial charge in [-0.3, -0.25) is 19.7 Å². The van der Waals surface area contributed by atoms with Gasteiger partial charge >= 0.3 is 6.09 Å². The molecule has 0 radical (unpaired) electrons. The average molecular weight is 584 g/mol. The fraction of sp³-hybridized carbons (Fsp3) is 0.379. The number of hydrogen-bond donors (Lipinski definition) is 6. The molecule has 6 unspecified atom stereocenters. The quantitative estimate of drug-likeness (QED) is 0.225. The van der Waals surface area contributed by atoms with E-state index in [0.29, 0.717) is 5.56 Å². The first-order valence-electron chi connectivity index (χ1n) is 13.2. The lowest BCUT2D eigenvalue weighted by atomic mass is 9.54. The molecule has 3 aliphatic carbocycles. The Morgan fingerprint density at radius 2 is 1.67 bits per heavy atom. The second-order valence-corrected chi connectivity index (χ2v) is 11.1. The Kier molecular flexibility index (Phi) is 7.29. The van der Waals surface area contributed by atoms with Crippen LogP contribution in [0.1, 0.15) is 24.0 Å². The van der Waals surface area contributed by atoms with Crippen LogP contribution in [0, 0.1) is 29.5 Å². The summed E-state index contributed by atoms with van der Waals surface area (Å²) in [4.78, 5) is 53.5. The number of aromatic hydroxyl groups is 1. The van der Waals surface area contributed by atoms with Crippen LogP contribution < -0.4 is 15.8 Å². The maximum absolute atomic E-state index is 14.0. The molecule has 0 aromatic heterocycles. The Hall–Kier alpha value is -4.33. The van der Waals surface area contributed by atoms with E-state index >= 15 is 0 Å². The van der Waals surface area contributed by atoms with Gasteiger partial charge in [-0.1, -0.05) is 13.0 Å². The highest BCUT2D eigenvalue weighted by atomic mass is 19.1. The lowest BCUT2D eigenvalue weighted by Gasteiger charge is -2.53. The van der Waals surface area contributed by atoms with E-state index < -0.39 is 88.7 Å². The van der Waals surface area contributed by atoms with Crippen molar-refractivity contribution in [2.24, 2.45) is 29.4 Å². The number of aliphatic hydroxyl groups excluding tert-OH is 3. The number of benzene rings is 2. The molecule has 2 saturated carbocycles. The number of carbonyl (C=O) groups excluding carboxylic acids is 4. The van der Waals surface area contributed by atoms with Crippen molar-refractivity contribution in [3.8, 4) is 11.5 Å². The number of ketones is 2. The number of primary amides is 1. The van der Waals surface area contributed by atoms with Gasteiger partial charge in [0.2, 0.25) is 5.91 Å². The molecule has 2 amide bonds. The van der Waals surface area contributed by atoms with E-state index in [9.17, 15) is 44.0 Å². The molecule has 42 heavy (non-hydrogen) atoms. The van der Waals surface area contributed by atoms with Crippen LogP contribution in [0.5, 0.6) is 11.5 Å². The number of halogens is 1. The molecular weight excluding hydrogens is 553 g/mol. The number of likely N-dealkylation sites (N-methyl/N-ethyl adjacent to an activating group) is 1. The molecule has 13 heteroatoms. The smallest absolute Gasteiger partial charge is 0.417 e. The van der Waals surface area contributed by atoms with E-state index in [-0.39, 0.29) is 22.6 Å². The number of Topliss-reactive ketones (excluding diaryl/α,β-unsaturated/α-hetero) is 2. The summed E-state index contributed by atoms with van der Waals surface area (Å²) >= 11 is 0. The van der Waals surface area contributed by atoms with Crippen LogP contribution in [-0.4, -0.2) is 81.2 Å². The van der Waals surface area contributed by atoms with E-state index in [1.54, 1.807) is 21.0 Å². The van der Waals surface area contributed by atoms with Crippen LogP contribution >= 0.6 is 0 Å². The van der Waals surface area contributed by atoms with Gasteiger partial charge < -0.3 is 35.8 Å². The molecule has 2 aromatic rings. The number of hydrogen-bond acceptors (Lipinski definition) is 10. The monoisotopic (exact) mass is 583 g/mol. The van der Waals surface area contributed by atoms with Gasteiger partial charge in [0.15, 0.2) is 11.6 Å². The van der Waals surface area contributed by atoms with Gasteiger partial charge in [0.25, 0.3) is 0 Å². The molecule has 0 bridgehead atoms. The summed E-state index contributed by atoms with van der Waals surface area (Å²) in [6.07, 6.45) is -4.03. The zero-order valence-electron chi connectivity index (χ0n) is 22.8. The number of nitrogens with zero attached hydrogens (tertiary/aromatic N) is 1. The zero-order chi connectivity index (χ0) is 30.8. The minimum absolute atomic E-state index is 0.0247. The van der Waals surface area contributed by atoms with Crippen molar-refractivity contribution in [1.82, 2.24) is 4.90 Å². The van der Waals surface area contributed by atoms with Crippen LogP contribution in [0.2, 0.25) is 0 Å². The van der Waals surface area contributed by atoms with Gasteiger partial charge in [0.1, 0.15) is 29.0 Å². The number of nitrogens with one attached hydrogen (secondary N) is 1. The van der Waals surface area contributed by atoms with Crippen molar-refractivity contribution in [3.63, 3.8) is 0 Å². The van der Waals surface area contributed by atoms with Crippen molar-refractivity contribution in [3.05, 3.63) is 58.9 Å². The van der Waals surface area contributed by atoms with Crippen LogP contribution in [0.4, 0.5) is 14.9 Å². The zero-order valence-corrected chi connectivity index (χ0v) is 22.8. The third-order valence-electron chi connectivity index (χ3n) is 8.62. The number of phenols is 1. The Balaban J connectivity index is 1.56. The van der Waals surface area contributed by atoms with Crippen LogP contribution in [0.25, 0.3) is 5.76 Å². The van der Waals surface area contributed by atoms with E-state index in [1.165, 1.54) is 29.2 Å². The summed E-state index contributed by atoms with van der Waals surface area (Å²) in [5.41, 5.74) is 5.09. The number of phenolic OH excluding ortho intramolecular Hbond substituents is 1. The van der Waals surface area contributed by atoms with Crippen molar-refractivity contribution >= 4 is 35.0 Å². The summed E-state index contributed by atoms with van der Waals surface area (Å²) in [7, 11) is 3.15. The van der Waals surface area contributed by atoms with E-state index in [1.807, 2.05) is 0 Å². The highest BCUT2D eigenvalue weighted by molar-refractivity contribution is 6.19. The minimum Gasteiger partial charge on any atom is -0.507 e. The number of nitrogens with two attached hydrogens (primary N) is 1. The summed E-state index contributed by atoms with van der Waals surface area (Å²) in [5, 5.41) is 47.4. The number of ether oxygens (including phenoxy) is 1. The summed E-state index contributed by atoms with van der Waals surface area (Å²) in [6.45, 7) is 1.67. The number of fused-ring (bicyclic) bond motifs is 3. The van der Waals surface area contributed by atoms with Crippen LogP contribution in [0.3, 0.4) is 0 Å². The molecule has 3 aliphatic rings. The molecule has 12 nitrogen and oxygen atoms in total. The number of anilines is 1. The molecule has 5 rings (SSSR count). The van der Waals surface area contributed by atoms with Crippen LogP contribution in [-0.2, 0) is 14.4 Å². The number of aliphatic hydroxyl groups is 3. The van der Waals surface area contributed by atoms with Gasteiger partial charge in [-0.05, 0) is 55.9 Å². The summed E-state index contributed by atoms with van der Waals surface area (Å²) in [5.74, 6) is -10.9. The molecule has 0 heterocycles. The predicted molar refractivity (Wildman–Crippen MR) is 145 cm³/mol. The molecule has 8 atom stereocenters. The molecule has 0 spiro atoms. The Labute approximate surface area is 239 Å². The maximum Gasteiger partial charge on any atom is 0.417 e. The third kappa shape index (κ3) is 4.40. The van der Waals surface area contributed by atoms with Crippen molar-refractivity contribution in [1.29, 1.82) is 0 Å². The minimum atomic E-state index is -1.71. The summed E-state index contributed by atoms with van der Waals surface area (Å²) in [6, 6.07) is 6.48.